The van der Waals surface area contributed by atoms with E-state index in [9.17, 15) is 4.79 Å². The molecule has 0 radical (unpaired) electrons. The van der Waals surface area contributed by atoms with Crippen LogP contribution in [0.3, 0.4) is 0 Å². The number of hydrogen-bond donors (Lipinski definition) is 1. The summed E-state index contributed by atoms with van der Waals surface area (Å²) in [5.74, 6) is 0.951. The molecule has 2 saturated carbocycles. The lowest BCUT2D eigenvalue weighted by atomic mass is 10.2. The van der Waals surface area contributed by atoms with E-state index in [2.05, 4.69) is 37.9 Å². The number of rotatable bonds is 7. The summed E-state index contributed by atoms with van der Waals surface area (Å²) in [7, 11) is 3.88. The maximum atomic E-state index is 13.3. The Morgan fingerprint density at radius 3 is 2.59 bits per heavy atom. The largest absolute Gasteiger partial charge is 0.336 e. The van der Waals surface area contributed by atoms with Gasteiger partial charge in [0.25, 0.3) is 0 Å². The number of nitrogens with zero attached hydrogens (tertiary/aromatic N) is 7. The normalized spacial score (nSPS) is 16.2. The first-order valence-electron chi connectivity index (χ1n) is 11.4. The number of hydrogen-bond acceptors (Lipinski definition) is 5. The molecule has 0 aliphatic heterocycles. The summed E-state index contributed by atoms with van der Waals surface area (Å²) in [5.41, 5.74) is 4.59. The Morgan fingerprint density at radius 1 is 1.22 bits per heavy atom. The third kappa shape index (κ3) is 3.14. The number of amides is 1. The van der Waals surface area contributed by atoms with Crippen LogP contribution in [0.1, 0.15) is 38.3 Å². The molecule has 2 aliphatic rings. The van der Waals surface area contributed by atoms with Crippen molar-refractivity contribution in [1.82, 2.24) is 33.8 Å². The number of carbonyl (C=O) groups excluding carboxylic acids is 1. The van der Waals surface area contributed by atoms with Crippen LogP contribution in [-0.4, -0.2) is 51.8 Å². The van der Waals surface area contributed by atoms with Crippen molar-refractivity contribution >= 4 is 39.5 Å². The van der Waals surface area contributed by atoms with Crippen LogP contribution in [0.5, 0.6) is 0 Å². The molecule has 4 aromatic rings. The van der Waals surface area contributed by atoms with E-state index in [1.807, 2.05) is 31.2 Å². The SMILES string of the molecule is CCn1c(CC(=O)N(C2CC2)C2CC2)cc2c3c(ncn3C)c(Nc3cnn(C)c3)nc21. The van der Waals surface area contributed by atoms with Gasteiger partial charge in [0.05, 0.1) is 30.1 Å². The molecule has 4 heterocycles. The van der Waals surface area contributed by atoms with Gasteiger partial charge in [-0.25, -0.2) is 9.97 Å². The van der Waals surface area contributed by atoms with Crippen molar-refractivity contribution in [2.75, 3.05) is 5.32 Å². The fraction of sp³-hybridized carbons (Fsp3) is 0.478. The van der Waals surface area contributed by atoms with Crippen LogP contribution < -0.4 is 5.32 Å². The molecule has 166 valence electrons. The Morgan fingerprint density at radius 2 is 1.97 bits per heavy atom. The van der Waals surface area contributed by atoms with Crippen molar-refractivity contribution in [3.05, 3.63) is 30.5 Å². The molecule has 0 spiro atoms. The minimum atomic E-state index is 0.252. The highest BCUT2D eigenvalue weighted by Gasteiger charge is 2.42. The van der Waals surface area contributed by atoms with E-state index < -0.39 is 0 Å². The van der Waals surface area contributed by atoms with Crippen molar-refractivity contribution in [2.24, 2.45) is 14.1 Å². The van der Waals surface area contributed by atoms with Crippen LogP contribution in [0, 0.1) is 0 Å². The zero-order chi connectivity index (χ0) is 22.0. The molecule has 0 atom stereocenters. The topological polar surface area (TPSA) is 85.8 Å². The number of carbonyl (C=O) groups is 1. The number of anilines is 2. The minimum absolute atomic E-state index is 0.252. The van der Waals surface area contributed by atoms with Crippen molar-refractivity contribution in [1.29, 1.82) is 0 Å². The smallest absolute Gasteiger partial charge is 0.229 e. The molecule has 1 amide bonds. The molecule has 1 N–H and O–H groups in total. The lowest BCUT2D eigenvalue weighted by Gasteiger charge is -2.22. The van der Waals surface area contributed by atoms with Crippen molar-refractivity contribution < 1.29 is 4.79 Å². The zero-order valence-electron chi connectivity index (χ0n) is 18.7. The highest BCUT2D eigenvalue weighted by Crippen LogP contribution is 2.38. The number of fused-ring (bicyclic) bond motifs is 3. The van der Waals surface area contributed by atoms with Crippen molar-refractivity contribution in [3.63, 3.8) is 0 Å². The Labute approximate surface area is 186 Å². The third-order valence-corrected chi connectivity index (χ3v) is 6.57. The van der Waals surface area contributed by atoms with Crippen LogP contribution in [0.15, 0.2) is 24.8 Å². The molecule has 0 bridgehead atoms. The zero-order valence-corrected chi connectivity index (χ0v) is 18.7. The van der Waals surface area contributed by atoms with Gasteiger partial charge in [-0.05, 0) is 38.7 Å². The molecule has 32 heavy (non-hydrogen) atoms. The van der Waals surface area contributed by atoms with E-state index in [4.69, 9.17) is 4.98 Å². The third-order valence-electron chi connectivity index (χ3n) is 6.57. The van der Waals surface area contributed by atoms with Gasteiger partial charge in [0.1, 0.15) is 11.2 Å². The number of aromatic nitrogens is 6. The molecule has 9 nitrogen and oxygen atoms in total. The van der Waals surface area contributed by atoms with Crippen molar-refractivity contribution in [3.8, 4) is 0 Å². The van der Waals surface area contributed by atoms with E-state index >= 15 is 0 Å². The fourth-order valence-corrected chi connectivity index (χ4v) is 4.83. The summed E-state index contributed by atoms with van der Waals surface area (Å²) in [4.78, 5) is 25.0. The first-order chi connectivity index (χ1) is 15.5. The molecule has 4 aromatic heterocycles. The standard InChI is InChI=1S/C23H28N8O/c1-4-30-17(10-19(32)31(15-5-6-15)16-7-8-16)9-18-21-20(24-13-28(21)2)22(27-23(18)30)26-14-11-25-29(3)12-14/h9,11-13,15-16H,4-8,10H2,1-3H3,(H,26,27). The van der Waals surface area contributed by atoms with Gasteiger partial charge in [0.15, 0.2) is 5.82 Å². The second kappa shape index (κ2) is 7.08. The number of aryl methyl sites for hydroxylation is 3. The molecule has 2 aliphatic carbocycles. The highest BCUT2D eigenvalue weighted by atomic mass is 16.2. The maximum Gasteiger partial charge on any atom is 0.229 e. The van der Waals surface area contributed by atoms with Gasteiger partial charge >= 0.3 is 0 Å². The first kappa shape index (κ1) is 19.3. The molecule has 0 aromatic carbocycles. The summed E-state index contributed by atoms with van der Waals surface area (Å²) in [5, 5.41) is 8.65. The van der Waals surface area contributed by atoms with Gasteiger partial charge in [-0.3, -0.25) is 9.48 Å². The monoisotopic (exact) mass is 432 g/mol. The van der Waals surface area contributed by atoms with Gasteiger partial charge in [-0.15, -0.1) is 0 Å². The summed E-state index contributed by atoms with van der Waals surface area (Å²) >= 11 is 0. The second-order valence-electron chi connectivity index (χ2n) is 9.10. The van der Waals surface area contributed by atoms with Gasteiger partial charge in [0.2, 0.25) is 5.91 Å². The van der Waals surface area contributed by atoms with Crippen LogP contribution in [0.2, 0.25) is 0 Å². The number of imidazole rings is 1. The van der Waals surface area contributed by atoms with Crippen LogP contribution >= 0.6 is 0 Å². The Hall–Kier alpha value is -3.36. The molecule has 0 unspecified atom stereocenters. The summed E-state index contributed by atoms with van der Waals surface area (Å²) in [6.45, 7) is 2.86. The number of pyridine rings is 1. The average Bonchev–Trinajstić information content (AvgIpc) is 3.67. The van der Waals surface area contributed by atoms with Crippen LogP contribution in [-0.2, 0) is 31.9 Å². The average molecular weight is 433 g/mol. The molecular formula is C23H28N8O. The van der Waals surface area contributed by atoms with E-state index in [0.717, 1.165) is 65.7 Å². The van der Waals surface area contributed by atoms with Crippen LogP contribution in [0.25, 0.3) is 22.1 Å². The fourth-order valence-electron chi connectivity index (χ4n) is 4.83. The van der Waals surface area contributed by atoms with E-state index in [-0.39, 0.29) is 5.91 Å². The van der Waals surface area contributed by atoms with E-state index in [0.29, 0.717) is 24.3 Å². The van der Waals surface area contributed by atoms with Gasteiger partial charge in [-0.1, -0.05) is 0 Å². The Bertz CT molecular complexity index is 1330. The van der Waals surface area contributed by atoms with Gasteiger partial charge in [0, 0.05) is 50.0 Å². The van der Waals surface area contributed by atoms with Crippen molar-refractivity contribution in [2.45, 2.75) is 57.7 Å². The van der Waals surface area contributed by atoms with E-state index in [1.54, 1.807) is 10.9 Å². The second-order valence-corrected chi connectivity index (χ2v) is 9.10. The predicted octanol–water partition coefficient (Wildman–Crippen LogP) is 3.12. The molecule has 0 saturated heterocycles. The van der Waals surface area contributed by atoms with Gasteiger partial charge in [-0.2, -0.15) is 5.10 Å². The summed E-state index contributed by atoms with van der Waals surface area (Å²) in [6, 6.07) is 3.07. The predicted molar refractivity (Wildman–Crippen MR) is 123 cm³/mol. The highest BCUT2D eigenvalue weighted by molar-refractivity contribution is 6.07. The maximum absolute atomic E-state index is 13.3. The molecular weight excluding hydrogens is 404 g/mol. The van der Waals surface area contributed by atoms with E-state index in [1.165, 1.54) is 0 Å². The minimum Gasteiger partial charge on any atom is -0.336 e. The Kier molecular flexibility index (Phi) is 4.28. The van der Waals surface area contributed by atoms with Crippen LogP contribution in [0.4, 0.5) is 11.5 Å². The summed E-state index contributed by atoms with van der Waals surface area (Å²) in [6.07, 6.45) is 10.5. The quantitative estimate of drug-likeness (QED) is 0.485. The van der Waals surface area contributed by atoms with Gasteiger partial charge < -0.3 is 19.4 Å². The lowest BCUT2D eigenvalue weighted by Crippen LogP contribution is -2.36. The number of nitrogens with one attached hydrogen (secondary N) is 1. The molecule has 2 fully saturated rings. The summed E-state index contributed by atoms with van der Waals surface area (Å²) < 4.78 is 5.95. The Balaban J connectivity index is 1.44. The molecule has 9 heteroatoms. The first-order valence-corrected chi connectivity index (χ1v) is 11.4. The lowest BCUT2D eigenvalue weighted by molar-refractivity contribution is -0.131. The molecule has 6 rings (SSSR count).